The molecule has 2 aliphatic rings. The van der Waals surface area contributed by atoms with Gasteiger partial charge in [0.1, 0.15) is 5.75 Å². The topological polar surface area (TPSA) is 65.1 Å². The highest BCUT2D eigenvalue weighted by molar-refractivity contribution is 5.94. The van der Waals surface area contributed by atoms with Crippen LogP contribution in [0.2, 0.25) is 0 Å². The fourth-order valence-corrected chi connectivity index (χ4v) is 3.18. The molecule has 0 aromatic heterocycles. The number of amides is 1. The van der Waals surface area contributed by atoms with Crippen LogP contribution in [0.4, 0.5) is 13.2 Å². The molecule has 2 fully saturated rings. The molecule has 3 rings (SSSR count). The molecule has 9 heteroatoms. The maximum atomic E-state index is 13.1. The quantitative estimate of drug-likeness (QED) is 0.756. The number of halogens is 3. The molecule has 1 atom stereocenters. The van der Waals surface area contributed by atoms with Crippen LogP contribution in [0.25, 0.3) is 0 Å². The Labute approximate surface area is 147 Å². The monoisotopic (exact) mass is 373 g/mol. The van der Waals surface area contributed by atoms with Crippen LogP contribution >= 0.6 is 0 Å². The van der Waals surface area contributed by atoms with E-state index in [-0.39, 0.29) is 24.8 Å². The summed E-state index contributed by atoms with van der Waals surface area (Å²) < 4.78 is 50.7. The second-order valence-electron chi connectivity index (χ2n) is 6.27. The second kappa shape index (κ2) is 6.79. The van der Waals surface area contributed by atoms with Gasteiger partial charge in [-0.3, -0.25) is 4.79 Å². The van der Waals surface area contributed by atoms with E-state index in [1.54, 1.807) is 0 Å². The maximum Gasteiger partial charge on any atom is 0.573 e. The van der Waals surface area contributed by atoms with Gasteiger partial charge in [0.05, 0.1) is 25.7 Å². The minimum atomic E-state index is -4.77. The molecule has 0 radical (unpaired) electrons. The first kappa shape index (κ1) is 18.5. The number of alkyl halides is 3. The average molecular weight is 373 g/mol. The molecular formula is C17H18F3NO5. The highest BCUT2D eigenvalue weighted by Gasteiger charge is 2.55. The van der Waals surface area contributed by atoms with E-state index in [0.29, 0.717) is 25.0 Å². The van der Waals surface area contributed by atoms with Crippen molar-refractivity contribution in [2.24, 2.45) is 0 Å². The molecule has 1 aliphatic heterocycles. The highest BCUT2D eigenvalue weighted by Crippen LogP contribution is 2.50. The number of benzene rings is 1. The van der Waals surface area contributed by atoms with E-state index >= 15 is 0 Å². The van der Waals surface area contributed by atoms with Gasteiger partial charge >= 0.3 is 12.3 Å². The van der Waals surface area contributed by atoms with Gasteiger partial charge in [-0.1, -0.05) is 12.1 Å². The Kier molecular flexibility index (Phi) is 4.83. The third kappa shape index (κ3) is 3.62. The minimum absolute atomic E-state index is 0.0624. The third-order valence-corrected chi connectivity index (χ3v) is 4.66. The number of esters is 1. The summed E-state index contributed by atoms with van der Waals surface area (Å²) in [5, 5.41) is 0. The summed E-state index contributed by atoms with van der Waals surface area (Å²) in [6, 6.07) is 4.48. The molecule has 1 amide bonds. The molecule has 6 nitrogen and oxygen atoms in total. The van der Waals surface area contributed by atoms with Crippen molar-refractivity contribution in [3.05, 3.63) is 29.8 Å². The van der Waals surface area contributed by atoms with Crippen molar-refractivity contribution >= 4 is 11.9 Å². The summed E-state index contributed by atoms with van der Waals surface area (Å²) in [4.78, 5) is 26.4. The Morgan fingerprint density at radius 2 is 1.88 bits per heavy atom. The lowest BCUT2D eigenvalue weighted by Gasteiger charge is -2.36. The van der Waals surface area contributed by atoms with Crippen molar-refractivity contribution < 1.29 is 37.0 Å². The minimum Gasteiger partial charge on any atom is -0.467 e. The molecule has 1 saturated heterocycles. The van der Waals surface area contributed by atoms with Crippen molar-refractivity contribution in [3.63, 3.8) is 0 Å². The summed E-state index contributed by atoms with van der Waals surface area (Å²) in [5.41, 5.74) is -0.215. The first-order valence-electron chi connectivity index (χ1n) is 8.10. The lowest BCUT2D eigenvalue weighted by Crippen LogP contribution is -2.55. The predicted molar refractivity (Wildman–Crippen MR) is 82.4 cm³/mol. The Balaban J connectivity index is 1.79. The molecule has 1 aliphatic carbocycles. The normalized spacial score (nSPS) is 21.8. The lowest BCUT2D eigenvalue weighted by molar-refractivity contribution is -0.274. The van der Waals surface area contributed by atoms with E-state index < -0.39 is 23.8 Å². The first-order chi connectivity index (χ1) is 12.3. The van der Waals surface area contributed by atoms with Gasteiger partial charge in [0.15, 0.2) is 6.04 Å². The van der Waals surface area contributed by atoms with E-state index in [0.717, 1.165) is 0 Å². The average Bonchev–Trinajstić information content (AvgIpc) is 3.41. The van der Waals surface area contributed by atoms with E-state index in [9.17, 15) is 22.8 Å². The lowest BCUT2D eigenvalue weighted by atomic mass is 9.93. The van der Waals surface area contributed by atoms with Crippen molar-refractivity contribution in [1.29, 1.82) is 0 Å². The number of rotatable bonds is 4. The fourth-order valence-electron chi connectivity index (χ4n) is 3.18. The van der Waals surface area contributed by atoms with Gasteiger partial charge < -0.3 is 19.1 Å². The van der Waals surface area contributed by atoms with Crippen LogP contribution in [-0.2, 0) is 24.5 Å². The summed E-state index contributed by atoms with van der Waals surface area (Å²) >= 11 is 0. The second-order valence-corrected chi connectivity index (χ2v) is 6.27. The van der Waals surface area contributed by atoms with Crippen LogP contribution < -0.4 is 4.74 Å². The molecular weight excluding hydrogens is 355 g/mol. The number of morpholine rings is 1. The third-order valence-electron chi connectivity index (χ3n) is 4.66. The molecule has 0 spiro atoms. The van der Waals surface area contributed by atoms with Crippen LogP contribution in [0.15, 0.2) is 24.3 Å². The van der Waals surface area contributed by atoms with Crippen molar-refractivity contribution in [1.82, 2.24) is 4.90 Å². The van der Waals surface area contributed by atoms with Crippen LogP contribution in [0, 0.1) is 0 Å². The largest absolute Gasteiger partial charge is 0.573 e. The van der Waals surface area contributed by atoms with Gasteiger partial charge in [-0.05, 0) is 30.5 Å². The zero-order valence-electron chi connectivity index (χ0n) is 14.0. The number of nitrogens with zero attached hydrogens (tertiary/aromatic N) is 1. The number of ether oxygens (including phenoxy) is 3. The summed E-state index contributed by atoms with van der Waals surface area (Å²) in [6.07, 6.45) is -3.64. The molecule has 0 N–H and O–H groups in total. The molecule has 26 heavy (non-hydrogen) atoms. The van der Waals surface area contributed by atoms with Crippen LogP contribution in [-0.4, -0.2) is 56.0 Å². The molecule has 0 bridgehead atoms. The summed E-state index contributed by atoms with van der Waals surface area (Å²) in [7, 11) is 1.24. The van der Waals surface area contributed by atoms with E-state index in [1.807, 2.05) is 0 Å². The van der Waals surface area contributed by atoms with Crippen molar-refractivity contribution in [2.45, 2.75) is 30.7 Å². The predicted octanol–water partition coefficient (Wildman–Crippen LogP) is 2.02. The maximum absolute atomic E-state index is 13.1. The standard InChI is InChI=1S/C17H18F3NO5/c1-24-14(22)13-10-25-9-8-21(13)15(23)16(6-7-16)11-2-4-12(5-3-11)26-17(18,19)20/h2-5,13H,6-10H2,1H3/t13-/m0/s1. The number of methoxy groups -OCH3 is 1. The van der Waals surface area contributed by atoms with E-state index in [1.165, 1.54) is 36.3 Å². The SMILES string of the molecule is COC(=O)[C@@H]1COCCN1C(=O)C1(c2ccc(OC(F)(F)F)cc2)CC1. The van der Waals surface area contributed by atoms with Gasteiger partial charge in [-0.15, -0.1) is 13.2 Å². The van der Waals surface area contributed by atoms with Gasteiger partial charge in [0.2, 0.25) is 5.91 Å². The Bertz CT molecular complexity index is 685. The van der Waals surface area contributed by atoms with Crippen molar-refractivity contribution in [2.75, 3.05) is 26.9 Å². The number of hydrogen-bond donors (Lipinski definition) is 0. The fraction of sp³-hybridized carbons (Fsp3) is 0.529. The van der Waals surface area contributed by atoms with Gasteiger partial charge in [-0.2, -0.15) is 0 Å². The zero-order valence-corrected chi connectivity index (χ0v) is 14.0. The van der Waals surface area contributed by atoms with Crippen LogP contribution in [0.5, 0.6) is 5.75 Å². The molecule has 142 valence electrons. The van der Waals surface area contributed by atoms with Crippen molar-refractivity contribution in [3.8, 4) is 5.75 Å². The van der Waals surface area contributed by atoms with E-state index in [2.05, 4.69) is 4.74 Å². The first-order valence-corrected chi connectivity index (χ1v) is 8.10. The molecule has 1 saturated carbocycles. The Morgan fingerprint density at radius 1 is 1.23 bits per heavy atom. The number of hydrogen-bond acceptors (Lipinski definition) is 5. The molecule has 1 heterocycles. The highest BCUT2D eigenvalue weighted by atomic mass is 19.4. The van der Waals surface area contributed by atoms with E-state index in [4.69, 9.17) is 9.47 Å². The van der Waals surface area contributed by atoms with Crippen LogP contribution in [0.3, 0.4) is 0 Å². The van der Waals surface area contributed by atoms with Gasteiger partial charge in [0.25, 0.3) is 0 Å². The Hall–Kier alpha value is -2.29. The Morgan fingerprint density at radius 3 is 2.42 bits per heavy atom. The van der Waals surface area contributed by atoms with Gasteiger partial charge in [0, 0.05) is 6.54 Å². The summed E-state index contributed by atoms with van der Waals surface area (Å²) in [5.74, 6) is -1.13. The van der Waals surface area contributed by atoms with Gasteiger partial charge in [-0.25, -0.2) is 4.79 Å². The van der Waals surface area contributed by atoms with Crippen LogP contribution in [0.1, 0.15) is 18.4 Å². The molecule has 1 aromatic carbocycles. The molecule has 0 unspecified atom stereocenters. The summed E-state index contributed by atoms with van der Waals surface area (Å²) in [6.45, 7) is 0.635. The molecule has 1 aromatic rings. The number of carbonyl (C=O) groups excluding carboxylic acids is 2. The zero-order chi connectivity index (χ0) is 18.9. The number of carbonyl (C=O) groups is 2. The smallest absolute Gasteiger partial charge is 0.467 e.